The largest absolute Gasteiger partial charge is 0.444 e. The number of piperidine rings is 1. The van der Waals surface area contributed by atoms with Gasteiger partial charge in [-0.1, -0.05) is 0 Å². The Balaban J connectivity index is 1.62. The van der Waals surface area contributed by atoms with Crippen molar-refractivity contribution in [2.75, 3.05) is 18.4 Å². The van der Waals surface area contributed by atoms with Crippen molar-refractivity contribution in [1.29, 1.82) is 0 Å². The lowest BCUT2D eigenvalue weighted by Gasteiger charge is -2.32. The molecule has 2 amide bonds. The number of hydrogen-bond acceptors (Lipinski definition) is 6. The first-order chi connectivity index (χ1) is 13.6. The molecule has 0 bridgehead atoms. The highest BCUT2D eigenvalue weighted by atomic mass is 19.1. The average molecular weight is 404 g/mol. The van der Waals surface area contributed by atoms with Crippen LogP contribution in [0.1, 0.15) is 39.4 Å². The number of aryl methyl sites for hydroxylation is 1. The first kappa shape index (κ1) is 20.7. The summed E-state index contributed by atoms with van der Waals surface area (Å²) in [6.07, 6.45) is 0.587. The average Bonchev–Trinajstić information content (AvgIpc) is 3.08. The van der Waals surface area contributed by atoms with Crippen LogP contribution in [0.5, 0.6) is 0 Å². The van der Waals surface area contributed by atoms with Gasteiger partial charge in [-0.2, -0.15) is 4.68 Å². The minimum atomic E-state index is -0.564. The summed E-state index contributed by atoms with van der Waals surface area (Å²) in [5.41, 5.74) is 0.0483. The molecule has 1 N–H and O–H groups in total. The predicted molar refractivity (Wildman–Crippen MR) is 103 cm³/mol. The number of aromatic nitrogens is 4. The summed E-state index contributed by atoms with van der Waals surface area (Å²) >= 11 is 0. The van der Waals surface area contributed by atoms with Crippen LogP contribution in [-0.2, 0) is 9.53 Å². The van der Waals surface area contributed by atoms with Gasteiger partial charge in [0.2, 0.25) is 5.91 Å². The van der Waals surface area contributed by atoms with E-state index in [1.807, 2.05) is 20.8 Å². The molecule has 0 atom stereocenters. The van der Waals surface area contributed by atoms with E-state index in [1.54, 1.807) is 11.8 Å². The van der Waals surface area contributed by atoms with Crippen molar-refractivity contribution in [2.24, 2.45) is 5.92 Å². The zero-order valence-electron chi connectivity index (χ0n) is 17.0. The Morgan fingerprint density at radius 1 is 1.24 bits per heavy atom. The predicted octanol–water partition coefficient (Wildman–Crippen LogP) is 2.70. The van der Waals surface area contributed by atoms with Crippen LogP contribution >= 0.6 is 0 Å². The van der Waals surface area contributed by atoms with Gasteiger partial charge in [0.15, 0.2) is 5.82 Å². The van der Waals surface area contributed by atoms with Crippen molar-refractivity contribution < 1.29 is 18.7 Å². The molecule has 0 saturated carbocycles. The number of nitrogens with one attached hydrogen (secondary N) is 1. The summed E-state index contributed by atoms with van der Waals surface area (Å²) in [4.78, 5) is 26.4. The highest BCUT2D eigenvalue weighted by Crippen LogP contribution is 2.24. The van der Waals surface area contributed by atoms with E-state index >= 15 is 0 Å². The van der Waals surface area contributed by atoms with E-state index in [4.69, 9.17) is 4.74 Å². The summed E-state index contributed by atoms with van der Waals surface area (Å²) in [5.74, 6) is -0.591. The fourth-order valence-corrected chi connectivity index (χ4v) is 3.10. The monoisotopic (exact) mass is 404 g/mol. The van der Waals surface area contributed by atoms with Gasteiger partial charge in [-0.15, -0.1) is 5.10 Å². The first-order valence-corrected chi connectivity index (χ1v) is 9.48. The highest BCUT2D eigenvalue weighted by molar-refractivity contribution is 5.93. The lowest BCUT2D eigenvalue weighted by atomic mass is 9.96. The van der Waals surface area contributed by atoms with Gasteiger partial charge in [0.05, 0.1) is 11.4 Å². The Bertz CT molecular complexity index is 900. The van der Waals surface area contributed by atoms with Crippen LogP contribution in [0.2, 0.25) is 0 Å². The molecule has 2 aromatic rings. The molecule has 1 fully saturated rings. The van der Waals surface area contributed by atoms with Crippen LogP contribution in [0.25, 0.3) is 5.69 Å². The lowest BCUT2D eigenvalue weighted by molar-refractivity contribution is -0.121. The molecule has 1 aliphatic rings. The molecule has 1 saturated heterocycles. The van der Waals surface area contributed by atoms with Gasteiger partial charge in [-0.25, -0.2) is 9.18 Å². The molecular formula is C19H25FN6O3. The van der Waals surface area contributed by atoms with Gasteiger partial charge < -0.3 is 15.0 Å². The number of ether oxygens (including phenoxy) is 1. The fourth-order valence-electron chi connectivity index (χ4n) is 3.10. The molecule has 3 rings (SSSR count). The van der Waals surface area contributed by atoms with Crippen molar-refractivity contribution in [3.63, 3.8) is 0 Å². The number of carbonyl (C=O) groups is 2. The molecule has 1 aliphatic heterocycles. The van der Waals surface area contributed by atoms with Gasteiger partial charge in [0.25, 0.3) is 0 Å². The van der Waals surface area contributed by atoms with Gasteiger partial charge in [-0.3, -0.25) is 4.79 Å². The third-order valence-electron chi connectivity index (χ3n) is 4.60. The van der Waals surface area contributed by atoms with Crippen molar-refractivity contribution >= 4 is 17.7 Å². The number of tetrazole rings is 1. The number of halogens is 1. The Morgan fingerprint density at radius 3 is 2.52 bits per heavy atom. The van der Waals surface area contributed by atoms with E-state index in [9.17, 15) is 14.0 Å². The van der Waals surface area contributed by atoms with Crippen molar-refractivity contribution in [2.45, 2.75) is 46.1 Å². The normalized spacial score (nSPS) is 15.3. The standard InChI is InChI=1S/C19H25FN6O3/c1-12-22-23-24-26(12)14-5-6-15(20)16(11-14)21-17(27)13-7-9-25(10-8-13)18(28)29-19(2,3)4/h5-6,11,13H,7-10H2,1-4H3,(H,21,27). The van der Waals surface area contributed by atoms with Crippen LogP contribution in [0.4, 0.5) is 14.9 Å². The summed E-state index contributed by atoms with van der Waals surface area (Å²) in [5, 5.41) is 13.9. The zero-order valence-corrected chi connectivity index (χ0v) is 17.0. The summed E-state index contributed by atoms with van der Waals surface area (Å²) in [7, 11) is 0. The second-order valence-corrected chi connectivity index (χ2v) is 8.03. The van der Waals surface area contributed by atoms with Crippen LogP contribution in [-0.4, -0.2) is 55.8 Å². The second-order valence-electron chi connectivity index (χ2n) is 8.03. The van der Waals surface area contributed by atoms with Crippen molar-refractivity contribution in [3.05, 3.63) is 29.8 Å². The molecule has 1 aromatic carbocycles. The quantitative estimate of drug-likeness (QED) is 0.844. The summed E-state index contributed by atoms with van der Waals surface area (Å²) in [6.45, 7) is 7.98. The molecule has 0 spiro atoms. The molecule has 0 unspecified atom stereocenters. The SMILES string of the molecule is Cc1nnnn1-c1ccc(F)c(NC(=O)C2CCN(C(=O)OC(C)(C)C)CC2)c1. The molecule has 1 aromatic heterocycles. The smallest absolute Gasteiger partial charge is 0.410 e. The number of rotatable bonds is 3. The molecular weight excluding hydrogens is 379 g/mol. The third-order valence-corrected chi connectivity index (χ3v) is 4.60. The van der Waals surface area contributed by atoms with Crippen LogP contribution < -0.4 is 5.32 Å². The van der Waals surface area contributed by atoms with Gasteiger partial charge in [0, 0.05) is 19.0 Å². The summed E-state index contributed by atoms with van der Waals surface area (Å²) in [6, 6.07) is 4.29. The molecule has 9 nitrogen and oxygen atoms in total. The molecule has 29 heavy (non-hydrogen) atoms. The van der Waals surface area contributed by atoms with E-state index in [2.05, 4.69) is 20.8 Å². The Labute approximate surface area is 168 Å². The molecule has 156 valence electrons. The van der Waals surface area contributed by atoms with Crippen LogP contribution in [0.15, 0.2) is 18.2 Å². The molecule has 2 heterocycles. The number of anilines is 1. The molecule has 0 radical (unpaired) electrons. The maximum atomic E-state index is 14.2. The zero-order chi connectivity index (χ0) is 21.2. The van der Waals surface area contributed by atoms with E-state index < -0.39 is 11.4 Å². The van der Waals surface area contributed by atoms with E-state index in [-0.39, 0.29) is 23.6 Å². The number of carbonyl (C=O) groups excluding carboxylic acids is 2. The molecule has 10 heteroatoms. The minimum Gasteiger partial charge on any atom is -0.444 e. The second kappa shape index (κ2) is 8.14. The van der Waals surface area contributed by atoms with Gasteiger partial charge in [0.1, 0.15) is 11.4 Å². The van der Waals surface area contributed by atoms with Gasteiger partial charge >= 0.3 is 6.09 Å². The topological polar surface area (TPSA) is 102 Å². The van der Waals surface area contributed by atoms with Gasteiger partial charge in [-0.05, 0) is 69.2 Å². The fraction of sp³-hybridized carbons (Fsp3) is 0.526. The molecule has 0 aliphatic carbocycles. The van der Waals surface area contributed by atoms with Crippen molar-refractivity contribution in [3.8, 4) is 5.69 Å². The lowest BCUT2D eigenvalue weighted by Crippen LogP contribution is -2.43. The first-order valence-electron chi connectivity index (χ1n) is 9.48. The summed E-state index contributed by atoms with van der Waals surface area (Å²) < 4.78 is 21.0. The van der Waals surface area contributed by atoms with E-state index in [1.165, 1.54) is 22.9 Å². The number of benzene rings is 1. The van der Waals surface area contributed by atoms with Crippen LogP contribution in [0.3, 0.4) is 0 Å². The Hall–Kier alpha value is -3.04. The van der Waals surface area contributed by atoms with E-state index in [0.717, 1.165) is 0 Å². The Morgan fingerprint density at radius 2 is 1.93 bits per heavy atom. The number of likely N-dealkylation sites (tertiary alicyclic amines) is 1. The maximum absolute atomic E-state index is 14.2. The number of nitrogens with zero attached hydrogens (tertiary/aromatic N) is 5. The highest BCUT2D eigenvalue weighted by Gasteiger charge is 2.30. The Kier molecular flexibility index (Phi) is 5.81. The third kappa shape index (κ3) is 5.07. The maximum Gasteiger partial charge on any atom is 0.410 e. The van der Waals surface area contributed by atoms with Crippen LogP contribution in [0, 0.1) is 18.7 Å². The number of amides is 2. The van der Waals surface area contributed by atoms with E-state index in [0.29, 0.717) is 37.4 Å². The van der Waals surface area contributed by atoms with Crippen molar-refractivity contribution in [1.82, 2.24) is 25.1 Å². The number of hydrogen-bond donors (Lipinski definition) is 1. The minimum absolute atomic E-state index is 0.0666.